The summed E-state index contributed by atoms with van der Waals surface area (Å²) >= 11 is 7.33. The second-order valence-corrected chi connectivity index (χ2v) is 6.22. The van der Waals surface area contributed by atoms with Gasteiger partial charge in [-0.3, -0.25) is 0 Å². The Morgan fingerprint density at radius 1 is 1.28 bits per heavy atom. The molecule has 2 unspecified atom stereocenters. The average Bonchev–Trinajstić information content (AvgIpc) is 2.84. The van der Waals surface area contributed by atoms with Crippen LogP contribution in [0.3, 0.4) is 0 Å². The third kappa shape index (κ3) is 2.26. The number of aliphatic hydroxyl groups excluding tert-OH is 1. The van der Waals surface area contributed by atoms with Gasteiger partial charge >= 0.3 is 0 Å². The summed E-state index contributed by atoms with van der Waals surface area (Å²) in [6, 6.07) is 11.7. The Bertz CT molecular complexity index is 552. The molecule has 18 heavy (non-hydrogen) atoms. The monoisotopic (exact) mass is 280 g/mol. The summed E-state index contributed by atoms with van der Waals surface area (Å²) in [5.41, 5.74) is 1.16. The molecule has 0 amide bonds. The molecule has 1 aliphatic heterocycles. The lowest BCUT2D eigenvalue weighted by Gasteiger charge is -2.28. The van der Waals surface area contributed by atoms with E-state index in [4.69, 9.17) is 16.3 Å². The van der Waals surface area contributed by atoms with Crippen LogP contribution < -0.4 is 4.74 Å². The summed E-state index contributed by atoms with van der Waals surface area (Å²) in [5, 5.41) is 10.4. The van der Waals surface area contributed by atoms with Crippen molar-refractivity contribution in [2.24, 2.45) is 5.92 Å². The SMILES string of the molecule is OC(c1ccc(Cl)s1)C1COc2ccccc2C1. The van der Waals surface area contributed by atoms with Gasteiger partial charge in [0.25, 0.3) is 0 Å². The third-order valence-corrected chi connectivity index (χ3v) is 4.54. The number of benzene rings is 1. The molecule has 4 heteroatoms. The summed E-state index contributed by atoms with van der Waals surface area (Å²) in [4.78, 5) is 0.910. The standard InChI is InChI=1S/C14H13ClO2S/c15-13-6-5-12(18-13)14(16)10-7-9-3-1-2-4-11(9)17-8-10/h1-6,10,14,16H,7-8H2. The van der Waals surface area contributed by atoms with Crippen LogP contribution >= 0.6 is 22.9 Å². The van der Waals surface area contributed by atoms with E-state index in [1.54, 1.807) is 0 Å². The molecule has 2 atom stereocenters. The van der Waals surface area contributed by atoms with E-state index in [0.717, 1.165) is 22.6 Å². The van der Waals surface area contributed by atoms with Crippen LogP contribution in [0.25, 0.3) is 0 Å². The first-order valence-corrected chi connectivity index (χ1v) is 7.07. The smallest absolute Gasteiger partial charge is 0.122 e. The molecule has 1 aromatic heterocycles. The maximum Gasteiger partial charge on any atom is 0.122 e. The number of aliphatic hydroxyl groups is 1. The molecule has 0 aliphatic carbocycles. The highest BCUT2D eigenvalue weighted by molar-refractivity contribution is 7.16. The maximum absolute atomic E-state index is 10.4. The topological polar surface area (TPSA) is 29.5 Å². The number of ether oxygens (including phenoxy) is 1. The van der Waals surface area contributed by atoms with Crippen molar-refractivity contribution in [2.75, 3.05) is 6.61 Å². The van der Waals surface area contributed by atoms with Crippen molar-refractivity contribution in [2.45, 2.75) is 12.5 Å². The van der Waals surface area contributed by atoms with Crippen LogP contribution in [0.2, 0.25) is 4.34 Å². The highest BCUT2D eigenvalue weighted by Gasteiger charge is 2.27. The van der Waals surface area contributed by atoms with Crippen LogP contribution in [0.1, 0.15) is 16.5 Å². The number of para-hydroxylation sites is 1. The van der Waals surface area contributed by atoms with Gasteiger partial charge in [0, 0.05) is 10.8 Å². The van der Waals surface area contributed by atoms with Crippen LogP contribution in [0.5, 0.6) is 5.75 Å². The molecule has 1 aliphatic rings. The molecule has 0 saturated carbocycles. The van der Waals surface area contributed by atoms with Gasteiger partial charge < -0.3 is 9.84 Å². The van der Waals surface area contributed by atoms with Crippen molar-refractivity contribution >= 4 is 22.9 Å². The fraction of sp³-hybridized carbons (Fsp3) is 0.286. The predicted molar refractivity (Wildman–Crippen MR) is 73.4 cm³/mol. The molecule has 1 aromatic carbocycles. The van der Waals surface area contributed by atoms with Gasteiger partial charge in [-0.05, 0) is 30.2 Å². The lowest BCUT2D eigenvalue weighted by atomic mass is 9.91. The van der Waals surface area contributed by atoms with Crippen LogP contribution in [-0.4, -0.2) is 11.7 Å². The van der Waals surface area contributed by atoms with Crippen LogP contribution in [0, 0.1) is 5.92 Å². The van der Waals surface area contributed by atoms with Gasteiger partial charge in [0.2, 0.25) is 0 Å². The number of halogens is 1. The van der Waals surface area contributed by atoms with E-state index in [1.807, 2.05) is 30.3 Å². The molecule has 0 bridgehead atoms. The normalized spacial score (nSPS) is 20.0. The van der Waals surface area contributed by atoms with Crippen molar-refractivity contribution < 1.29 is 9.84 Å². The van der Waals surface area contributed by atoms with Gasteiger partial charge in [-0.2, -0.15) is 0 Å². The molecular formula is C14H13ClO2S. The number of hydrogen-bond acceptors (Lipinski definition) is 3. The molecule has 0 spiro atoms. The van der Waals surface area contributed by atoms with E-state index in [9.17, 15) is 5.11 Å². The summed E-state index contributed by atoms with van der Waals surface area (Å²) in [6.07, 6.45) is 0.336. The molecule has 2 aromatic rings. The Kier molecular flexibility index (Phi) is 3.29. The van der Waals surface area contributed by atoms with Gasteiger partial charge in [-0.1, -0.05) is 29.8 Å². The zero-order chi connectivity index (χ0) is 12.5. The first-order chi connectivity index (χ1) is 8.74. The fourth-order valence-corrected chi connectivity index (χ4v) is 3.41. The van der Waals surface area contributed by atoms with E-state index in [-0.39, 0.29) is 5.92 Å². The molecule has 94 valence electrons. The highest BCUT2D eigenvalue weighted by atomic mass is 35.5. The molecule has 2 nitrogen and oxygen atoms in total. The van der Waals surface area contributed by atoms with E-state index in [2.05, 4.69) is 6.07 Å². The van der Waals surface area contributed by atoms with E-state index < -0.39 is 6.10 Å². The van der Waals surface area contributed by atoms with Gasteiger partial charge in [-0.25, -0.2) is 0 Å². The average molecular weight is 281 g/mol. The summed E-state index contributed by atoms with van der Waals surface area (Å²) in [5.74, 6) is 1.03. The lowest BCUT2D eigenvalue weighted by Crippen LogP contribution is -2.26. The lowest BCUT2D eigenvalue weighted by molar-refractivity contribution is 0.0670. The predicted octanol–water partition coefficient (Wildman–Crippen LogP) is 3.69. The van der Waals surface area contributed by atoms with E-state index in [1.165, 1.54) is 11.3 Å². The van der Waals surface area contributed by atoms with Gasteiger partial charge in [-0.15, -0.1) is 11.3 Å². The third-order valence-electron chi connectivity index (χ3n) is 3.24. The van der Waals surface area contributed by atoms with Crippen molar-refractivity contribution in [3.05, 3.63) is 51.2 Å². The second kappa shape index (κ2) is 4.92. The second-order valence-electron chi connectivity index (χ2n) is 4.47. The molecule has 0 fully saturated rings. The van der Waals surface area contributed by atoms with Crippen LogP contribution in [0.4, 0.5) is 0 Å². The Balaban J connectivity index is 1.79. The van der Waals surface area contributed by atoms with Crippen molar-refractivity contribution in [1.29, 1.82) is 0 Å². The van der Waals surface area contributed by atoms with E-state index >= 15 is 0 Å². The maximum atomic E-state index is 10.4. The summed E-state index contributed by atoms with van der Waals surface area (Å²) in [7, 11) is 0. The molecule has 3 rings (SSSR count). The first kappa shape index (κ1) is 12.0. The summed E-state index contributed by atoms with van der Waals surface area (Å²) < 4.78 is 6.41. The minimum atomic E-state index is -0.504. The van der Waals surface area contributed by atoms with Crippen LogP contribution in [-0.2, 0) is 6.42 Å². The molecule has 0 radical (unpaired) electrons. The van der Waals surface area contributed by atoms with Crippen molar-refractivity contribution in [1.82, 2.24) is 0 Å². The van der Waals surface area contributed by atoms with Crippen molar-refractivity contribution in [3.63, 3.8) is 0 Å². The minimum Gasteiger partial charge on any atom is -0.493 e. The Morgan fingerprint density at radius 3 is 2.89 bits per heavy atom. The quantitative estimate of drug-likeness (QED) is 0.909. The van der Waals surface area contributed by atoms with Gasteiger partial charge in [0.1, 0.15) is 5.75 Å². The van der Waals surface area contributed by atoms with E-state index in [0.29, 0.717) is 10.9 Å². The Labute approximate surface area is 115 Å². The van der Waals surface area contributed by atoms with Crippen LogP contribution in [0.15, 0.2) is 36.4 Å². The minimum absolute atomic E-state index is 0.0922. The first-order valence-electron chi connectivity index (χ1n) is 5.88. The zero-order valence-corrected chi connectivity index (χ0v) is 11.2. The fourth-order valence-electron chi connectivity index (χ4n) is 2.27. The van der Waals surface area contributed by atoms with Crippen molar-refractivity contribution in [3.8, 4) is 5.75 Å². The van der Waals surface area contributed by atoms with Gasteiger partial charge in [0.15, 0.2) is 0 Å². The molecule has 0 saturated heterocycles. The molecular weight excluding hydrogens is 268 g/mol. The number of rotatable bonds is 2. The summed E-state index contributed by atoms with van der Waals surface area (Å²) in [6.45, 7) is 0.549. The Morgan fingerprint density at radius 2 is 2.11 bits per heavy atom. The number of thiophene rings is 1. The molecule has 2 heterocycles. The van der Waals surface area contributed by atoms with Gasteiger partial charge in [0.05, 0.1) is 17.0 Å². The molecule has 1 N–H and O–H groups in total. The highest BCUT2D eigenvalue weighted by Crippen LogP contribution is 2.36. The largest absolute Gasteiger partial charge is 0.493 e. The zero-order valence-electron chi connectivity index (χ0n) is 9.67. The number of fused-ring (bicyclic) bond motifs is 1. The Hall–Kier alpha value is -1.03. The number of hydrogen-bond donors (Lipinski definition) is 1.